The van der Waals surface area contributed by atoms with Crippen molar-refractivity contribution >= 4 is 27.4 Å². The third kappa shape index (κ3) is 4.72. The van der Waals surface area contributed by atoms with Gasteiger partial charge in [0.1, 0.15) is 6.54 Å². The zero-order valence-electron chi connectivity index (χ0n) is 30.5. The fraction of sp³-hybridized carbons (Fsp3) is 0.489. The number of allylic oxidation sites excluding steroid dienone is 3. The van der Waals surface area contributed by atoms with Gasteiger partial charge in [0, 0.05) is 67.1 Å². The minimum absolute atomic E-state index is 0.123. The molecule has 4 aromatic rings. The van der Waals surface area contributed by atoms with Crippen LogP contribution in [0.1, 0.15) is 133 Å². The molecule has 0 saturated heterocycles. The first-order valence-corrected chi connectivity index (χ1v) is 19.4. The SMILES string of the molecule is C=C1C2C(CC[N+](C3CCCCC3)=C(C)/C=C(/C)N1C1CCCCC1)c1c3c(cc4ncccc14)C(C)(C)c1cc(C)cc4cc[n+]2c-3c14. The molecule has 4 heterocycles. The lowest BCUT2D eigenvalue weighted by molar-refractivity contribution is -0.710. The Hall–Kier alpha value is -3.79. The van der Waals surface area contributed by atoms with E-state index in [0.29, 0.717) is 12.1 Å². The van der Waals surface area contributed by atoms with Crippen molar-refractivity contribution in [3.8, 4) is 11.3 Å². The van der Waals surface area contributed by atoms with Crippen molar-refractivity contribution in [2.75, 3.05) is 6.54 Å². The summed E-state index contributed by atoms with van der Waals surface area (Å²) in [7, 11) is 0. The van der Waals surface area contributed by atoms with Crippen LogP contribution in [0.25, 0.3) is 32.9 Å². The molecule has 5 aliphatic rings. The maximum absolute atomic E-state index is 5.15. The summed E-state index contributed by atoms with van der Waals surface area (Å²) < 4.78 is 5.53. The van der Waals surface area contributed by atoms with E-state index < -0.39 is 0 Å². The summed E-state index contributed by atoms with van der Waals surface area (Å²) in [6, 6.07) is 15.5. The summed E-state index contributed by atoms with van der Waals surface area (Å²) in [5, 5.41) is 4.12. The Morgan fingerprint density at radius 3 is 2.41 bits per heavy atom. The third-order valence-corrected chi connectivity index (χ3v) is 13.3. The van der Waals surface area contributed by atoms with E-state index in [1.807, 2.05) is 6.20 Å². The van der Waals surface area contributed by atoms with Crippen LogP contribution in [0.2, 0.25) is 0 Å². The monoisotopic (exact) mass is 650 g/mol. The average Bonchev–Trinajstić information content (AvgIpc) is 3.10. The molecule has 2 saturated carbocycles. The second-order valence-corrected chi connectivity index (χ2v) is 16.7. The number of benzene rings is 2. The summed E-state index contributed by atoms with van der Waals surface area (Å²) >= 11 is 0. The lowest BCUT2D eigenvalue weighted by Crippen LogP contribution is -2.54. The Labute approximate surface area is 293 Å². The first kappa shape index (κ1) is 31.2. The van der Waals surface area contributed by atoms with E-state index in [4.69, 9.17) is 11.6 Å². The molecular weight excluding hydrogens is 597 g/mol. The predicted octanol–water partition coefficient (Wildman–Crippen LogP) is 10.2. The Bertz CT molecular complexity index is 2080. The van der Waals surface area contributed by atoms with E-state index in [1.54, 1.807) is 0 Å². The molecule has 0 bridgehead atoms. The largest absolute Gasteiger partial charge is 0.340 e. The molecule has 0 amide bonds. The quantitative estimate of drug-likeness (QED) is 0.202. The standard InChI is InChI=1S/C45H54N4/c1-28-24-32-19-22-48-43-31(4)49(34-16-11-8-12-17-34)30(3)26-29(2)47(33-14-9-7-10-15-33)23-20-36(43)41-35-18-13-21-46-39(35)27-38-42(41)44(48)40(32)37(25-28)45(38,5)6/h13,18-19,21-22,24-27,33-34,36,43H,4,7-12,14-17,20,23H2,1-3,5-6H3/q+2. The zero-order valence-corrected chi connectivity index (χ0v) is 30.5. The predicted molar refractivity (Wildman–Crippen MR) is 202 cm³/mol. The molecule has 2 aromatic carbocycles. The number of pyridine rings is 2. The van der Waals surface area contributed by atoms with Crippen molar-refractivity contribution in [2.24, 2.45) is 0 Å². The topological polar surface area (TPSA) is 23.0 Å². The highest BCUT2D eigenvalue weighted by Gasteiger charge is 2.51. The molecule has 2 atom stereocenters. The van der Waals surface area contributed by atoms with Crippen molar-refractivity contribution in [3.63, 3.8) is 0 Å². The van der Waals surface area contributed by atoms with Crippen LogP contribution in [-0.2, 0) is 5.41 Å². The molecule has 4 heteroatoms. The Kier molecular flexibility index (Phi) is 7.41. The van der Waals surface area contributed by atoms with Gasteiger partial charge in [0.15, 0.2) is 18.0 Å². The van der Waals surface area contributed by atoms with Crippen LogP contribution < -0.4 is 4.57 Å². The van der Waals surface area contributed by atoms with Gasteiger partial charge in [0.2, 0.25) is 11.7 Å². The van der Waals surface area contributed by atoms with Gasteiger partial charge in [-0.05, 0) is 73.7 Å². The second-order valence-electron chi connectivity index (χ2n) is 16.7. The van der Waals surface area contributed by atoms with E-state index >= 15 is 0 Å². The van der Waals surface area contributed by atoms with E-state index in [1.165, 1.54) is 131 Å². The summed E-state index contributed by atoms with van der Waals surface area (Å²) in [4.78, 5) is 7.81. The summed E-state index contributed by atoms with van der Waals surface area (Å²) in [6.45, 7) is 18.2. The highest BCUT2D eigenvalue weighted by Crippen LogP contribution is 2.56. The van der Waals surface area contributed by atoms with Crippen LogP contribution in [0.15, 0.2) is 72.8 Å². The van der Waals surface area contributed by atoms with Crippen molar-refractivity contribution in [2.45, 2.75) is 135 Å². The number of nitrogens with zero attached hydrogens (tertiary/aromatic N) is 4. The number of hydrogen-bond acceptors (Lipinski definition) is 2. The molecule has 49 heavy (non-hydrogen) atoms. The molecule has 4 nitrogen and oxygen atoms in total. The maximum atomic E-state index is 5.15. The lowest BCUT2D eigenvalue weighted by Gasteiger charge is -2.44. The highest BCUT2D eigenvalue weighted by atomic mass is 15.2. The van der Waals surface area contributed by atoms with E-state index in [9.17, 15) is 0 Å². The molecule has 3 aliphatic carbocycles. The van der Waals surface area contributed by atoms with Crippen LogP contribution in [0.5, 0.6) is 0 Å². The van der Waals surface area contributed by atoms with Gasteiger partial charge in [-0.3, -0.25) is 4.98 Å². The second kappa shape index (κ2) is 11.6. The van der Waals surface area contributed by atoms with Gasteiger partial charge in [0.05, 0.1) is 28.1 Å². The summed E-state index contributed by atoms with van der Waals surface area (Å²) in [5.41, 5.74) is 13.7. The molecule has 0 N–H and O–H groups in total. The van der Waals surface area contributed by atoms with Crippen molar-refractivity contribution in [1.82, 2.24) is 9.88 Å². The van der Waals surface area contributed by atoms with Crippen LogP contribution in [0.4, 0.5) is 0 Å². The van der Waals surface area contributed by atoms with Gasteiger partial charge in [-0.15, -0.1) is 0 Å². The third-order valence-electron chi connectivity index (χ3n) is 13.3. The zero-order chi connectivity index (χ0) is 33.6. The molecular formula is C45H54N4+2. The molecule has 2 aromatic heterocycles. The smallest absolute Gasteiger partial charge is 0.221 e. The molecule has 2 unspecified atom stereocenters. The Balaban J connectivity index is 1.36. The Morgan fingerprint density at radius 1 is 0.878 bits per heavy atom. The van der Waals surface area contributed by atoms with Gasteiger partial charge in [-0.25, -0.2) is 4.58 Å². The number of aromatic nitrogens is 2. The fourth-order valence-corrected chi connectivity index (χ4v) is 11.1. The first-order chi connectivity index (χ1) is 23.7. The summed E-state index contributed by atoms with van der Waals surface area (Å²) in [5.74, 6) is 0.280. The minimum atomic E-state index is -0.141. The molecule has 2 fully saturated rings. The number of hydrogen-bond donors (Lipinski definition) is 0. The Morgan fingerprint density at radius 2 is 1.63 bits per heavy atom. The number of aryl methyl sites for hydroxylation is 1. The molecule has 0 radical (unpaired) electrons. The molecule has 0 spiro atoms. The van der Waals surface area contributed by atoms with E-state index in [-0.39, 0.29) is 17.4 Å². The van der Waals surface area contributed by atoms with Crippen LogP contribution in [0.3, 0.4) is 0 Å². The lowest BCUT2D eigenvalue weighted by atomic mass is 9.64. The van der Waals surface area contributed by atoms with Gasteiger partial charge in [0.25, 0.3) is 0 Å². The number of rotatable bonds is 2. The van der Waals surface area contributed by atoms with Gasteiger partial charge < -0.3 is 4.90 Å². The van der Waals surface area contributed by atoms with Gasteiger partial charge in [-0.2, -0.15) is 4.57 Å². The van der Waals surface area contributed by atoms with Gasteiger partial charge >= 0.3 is 0 Å². The fourth-order valence-electron chi connectivity index (χ4n) is 11.1. The molecule has 9 rings (SSSR count). The normalized spacial score (nSPS) is 25.4. The number of fused-ring (bicyclic) bond motifs is 5. The van der Waals surface area contributed by atoms with E-state index in [0.717, 1.165) is 18.5 Å². The van der Waals surface area contributed by atoms with Crippen LogP contribution in [0, 0.1) is 6.92 Å². The van der Waals surface area contributed by atoms with E-state index in [2.05, 4.69) is 97.3 Å². The molecule has 2 aliphatic heterocycles. The van der Waals surface area contributed by atoms with Crippen molar-refractivity contribution in [3.05, 3.63) is 95.1 Å². The van der Waals surface area contributed by atoms with Gasteiger partial charge in [-0.1, -0.05) is 69.9 Å². The first-order valence-electron chi connectivity index (χ1n) is 19.4. The summed E-state index contributed by atoms with van der Waals surface area (Å²) in [6.07, 6.45) is 21.2. The van der Waals surface area contributed by atoms with Crippen molar-refractivity contribution < 1.29 is 9.14 Å². The minimum Gasteiger partial charge on any atom is -0.340 e. The maximum Gasteiger partial charge on any atom is 0.221 e. The highest BCUT2D eigenvalue weighted by molar-refractivity contribution is 6.05. The van der Waals surface area contributed by atoms with Crippen LogP contribution >= 0.6 is 0 Å². The average molecular weight is 651 g/mol. The van der Waals surface area contributed by atoms with Crippen LogP contribution in [-0.4, -0.2) is 38.8 Å². The molecule has 252 valence electrons. The van der Waals surface area contributed by atoms with Crippen molar-refractivity contribution in [1.29, 1.82) is 0 Å².